The SMILES string of the molecule is O=C(CCCCl)NN=C(Cc1ccnc2ccccc12)c1ccc(F)cc1. The van der Waals surface area contributed by atoms with Crippen LogP contribution >= 0.6 is 11.6 Å². The summed E-state index contributed by atoms with van der Waals surface area (Å²) in [7, 11) is 0. The van der Waals surface area contributed by atoms with Crippen molar-refractivity contribution in [3.8, 4) is 0 Å². The minimum atomic E-state index is -0.321. The number of halogens is 2. The molecule has 0 spiro atoms. The molecule has 0 atom stereocenters. The van der Waals surface area contributed by atoms with E-state index in [1.54, 1.807) is 18.3 Å². The molecule has 2 aromatic carbocycles. The van der Waals surface area contributed by atoms with E-state index in [1.165, 1.54) is 12.1 Å². The molecule has 1 amide bonds. The molecule has 1 aromatic heterocycles. The lowest BCUT2D eigenvalue weighted by Gasteiger charge is -2.10. The Kier molecular flexibility index (Phi) is 6.49. The zero-order valence-electron chi connectivity index (χ0n) is 14.7. The molecule has 6 heteroatoms. The average Bonchev–Trinajstić information content (AvgIpc) is 2.70. The minimum absolute atomic E-state index is 0.199. The summed E-state index contributed by atoms with van der Waals surface area (Å²) in [5.41, 5.74) is 5.88. The van der Waals surface area contributed by atoms with Crippen LogP contribution in [-0.4, -0.2) is 22.5 Å². The number of alkyl halides is 1. The Morgan fingerprint density at radius 3 is 2.67 bits per heavy atom. The van der Waals surface area contributed by atoms with Crippen molar-refractivity contribution in [2.45, 2.75) is 19.3 Å². The number of benzene rings is 2. The molecule has 0 radical (unpaired) electrons. The number of aromatic nitrogens is 1. The third kappa shape index (κ3) is 5.11. The number of carbonyl (C=O) groups excluding carboxylic acids is 1. The van der Waals surface area contributed by atoms with Crippen LogP contribution in [0.2, 0.25) is 0 Å². The highest BCUT2D eigenvalue weighted by atomic mass is 35.5. The van der Waals surface area contributed by atoms with Crippen molar-refractivity contribution in [2.24, 2.45) is 5.10 Å². The van der Waals surface area contributed by atoms with Gasteiger partial charge in [0, 0.05) is 30.3 Å². The van der Waals surface area contributed by atoms with Gasteiger partial charge in [0.1, 0.15) is 5.82 Å². The summed E-state index contributed by atoms with van der Waals surface area (Å²) in [6.07, 6.45) is 3.12. The van der Waals surface area contributed by atoms with E-state index in [2.05, 4.69) is 15.5 Å². The van der Waals surface area contributed by atoms with Crippen molar-refractivity contribution in [1.29, 1.82) is 0 Å². The molecule has 27 heavy (non-hydrogen) atoms. The van der Waals surface area contributed by atoms with Crippen molar-refractivity contribution in [1.82, 2.24) is 10.4 Å². The number of nitrogens with one attached hydrogen (secondary N) is 1. The molecule has 0 saturated heterocycles. The van der Waals surface area contributed by atoms with Crippen LogP contribution in [0.3, 0.4) is 0 Å². The van der Waals surface area contributed by atoms with Gasteiger partial charge in [0.15, 0.2) is 0 Å². The Hall–Kier alpha value is -2.79. The molecule has 0 fully saturated rings. The molecule has 0 aliphatic heterocycles. The van der Waals surface area contributed by atoms with Crippen LogP contribution in [0.5, 0.6) is 0 Å². The predicted molar refractivity (Wildman–Crippen MR) is 106 cm³/mol. The molecule has 0 saturated carbocycles. The Balaban J connectivity index is 1.91. The first-order chi connectivity index (χ1) is 13.2. The third-order valence-corrected chi connectivity index (χ3v) is 4.39. The van der Waals surface area contributed by atoms with E-state index in [0.29, 0.717) is 30.9 Å². The Bertz CT molecular complexity index is 952. The molecule has 3 aromatic rings. The minimum Gasteiger partial charge on any atom is -0.273 e. The fourth-order valence-electron chi connectivity index (χ4n) is 2.75. The number of para-hydroxylation sites is 1. The summed E-state index contributed by atoms with van der Waals surface area (Å²) in [6.45, 7) is 0. The monoisotopic (exact) mass is 383 g/mol. The summed E-state index contributed by atoms with van der Waals surface area (Å²) >= 11 is 5.62. The highest BCUT2D eigenvalue weighted by Gasteiger charge is 2.10. The van der Waals surface area contributed by atoms with Gasteiger partial charge in [-0.3, -0.25) is 9.78 Å². The number of hydrazone groups is 1. The Morgan fingerprint density at radius 2 is 1.89 bits per heavy atom. The van der Waals surface area contributed by atoms with Gasteiger partial charge in [-0.2, -0.15) is 5.10 Å². The van der Waals surface area contributed by atoms with Gasteiger partial charge < -0.3 is 0 Å². The molecule has 0 aliphatic carbocycles. The van der Waals surface area contributed by atoms with Crippen molar-refractivity contribution < 1.29 is 9.18 Å². The van der Waals surface area contributed by atoms with Crippen molar-refractivity contribution in [3.05, 3.63) is 77.7 Å². The molecule has 0 aliphatic rings. The molecular weight excluding hydrogens is 365 g/mol. The van der Waals surface area contributed by atoms with E-state index in [1.807, 2.05) is 30.3 Å². The number of hydrogen-bond donors (Lipinski definition) is 1. The number of rotatable bonds is 7. The maximum absolute atomic E-state index is 13.3. The normalized spacial score (nSPS) is 11.6. The fraction of sp³-hybridized carbons (Fsp3) is 0.190. The second-order valence-electron chi connectivity index (χ2n) is 6.06. The summed E-state index contributed by atoms with van der Waals surface area (Å²) in [6, 6.07) is 15.8. The number of amides is 1. The van der Waals surface area contributed by atoms with E-state index in [0.717, 1.165) is 22.0 Å². The fourth-order valence-corrected chi connectivity index (χ4v) is 2.88. The maximum Gasteiger partial charge on any atom is 0.240 e. The lowest BCUT2D eigenvalue weighted by molar-refractivity contribution is -0.121. The topological polar surface area (TPSA) is 54.4 Å². The van der Waals surface area contributed by atoms with Gasteiger partial charge in [-0.25, -0.2) is 9.82 Å². The number of hydrogen-bond acceptors (Lipinski definition) is 3. The third-order valence-electron chi connectivity index (χ3n) is 4.13. The van der Waals surface area contributed by atoms with Gasteiger partial charge >= 0.3 is 0 Å². The van der Waals surface area contributed by atoms with Crippen LogP contribution in [0.25, 0.3) is 10.9 Å². The highest BCUT2D eigenvalue weighted by Crippen LogP contribution is 2.19. The maximum atomic E-state index is 13.3. The van der Waals surface area contributed by atoms with Gasteiger partial charge in [0.2, 0.25) is 5.91 Å². The molecule has 3 rings (SSSR count). The largest absolute Gasteiger partial charge is 0.273 e. The first kappa shape index (κ1) is 19.0. The van der Waals surface area contributed by atoms with Crippen LogP contribution in [0.1, 0.15) is 24.0 Å². The molecule has 1 N–H and O–H groups in total. The van der Waals surface area contributed by atoms with Gasteiger partial charge in [-0.1, -0.05) is 30.3 Å². The standard InChI is InChI=1S/C21H19ClFN3O/c22-12-3-6-21(27)26-25-20(15-7-9-17(23)10-8-15)14-16-11-13-24-19-5-2-1-4-18(16)19/h1-2,4-5,7-11,13H,3,6,12,14H2,(H,26,27). The van der Waals surface area contributed by atoms with Gasteiger partial charge in [0.25, 0.3) is 0 Å². The summed E-state index contributed by atoms with van der Waals surface area (Å²) in [4.78, 5) is 16.3. The molecule has 0 unspecified atom stereocenters. The van der Waals surface area contributed by atoms with E-state index in [-0.39, 0.29) is 11.7 Å². The second kappa shape index (κ2) is 9.24. The van der Waals surface area contributed by atoms with Crippen molar-refractivity contribution >= 4 is 34.1 Å². The molecule has 138 valence electrons. The van der Waals surface area contributed by atoms with Crippen molar-refractivity contribution in [3.63, 3.8) is 0 Å². The molecular formula is C21H19ClFN3O. The molecule has 1 heterocycles. The number of carbonyl (C=O) groups is 1. The second-order valence-corrected chi connectivity index (χ2v) is 6.43. The Morgan fingerprint density at radius 1 is 1.11 bits per heavy atom. The summed E-state index contributed by atoms with van der Waals surface area (Å²) < 4.78 is 13.3. The highest BCUT2D eigenvalue weighted by molar-refractivity contribution is 6.17. The van der Waals surface area contributed by atoms with Crippen LogP contribution in [0.15, 0.2) is 65.9 Å². The predicted octanol–water partition coefficient (Wildman–Crippen LogP) is 4.46. The number of pyridine rings is 1. The quantitative estimate of drug-likeness (QED) is 0.372. The van der Waals surface area contributed by atoms with Crippen LogP contribution in [0, 0.1) is 5.82 Å². The lowest BCUT2D eigenvalue weighted by Crippen LogP contribution is -2.21. The van der Waals surface area contributed by atoms with Crippen LogP contribution in [-0.2, 0) is 11.2 Å². The van der Waals surface area contributed by atoms with Gasteiger partial charge in [-0.15, -0.1) is 11.6 Å². The van der Waals surface area contributed by atoms with Crippen LogP contribution < -0.4 is 5.43 Å². The zero-order chi connectivity index (χ0) is 19.1. The summed E-state index contributed by atoms with van der Waals surface area (Å²) in [5, 5.41) is 5.33. The average molecular weight is 384 g/mol. The lowest BCUT2D eigenvalue weighted by atomic mass is 9.99. The number of nitrogens with zero attached hydrogens (tertiary/aromatic N) is 2. The molecule has 0 bridgehead atoms. The Labute approximate surface area is 162 Å². The van der Waals surface area contributed by atoms with Gasteiger partial charge in [0.05, 0.1) is 11.2 Å². The van der Waals surface area contributed by atoms with E-state index < -0.39 is 0 Å². The zero-order valence-corrected chi connectivity index (χ0v) is 15.4. The molecule has 4 nitrogen and oxygen atoms in total. The van der Waals surface area contributed by atoms with E-state index in [4.69, 9.17) is 11.6 Å². The first-order valence-corrected chi connectivity index (χ1v) is 9.21. The summed E-state index contributed by atoms with van der Waals surface area (Å²) in [5.74, 6) is -0.0984. The van der Waals surface area contributed by atoms with Gasteiger partial charge in [-0.05, 0) is 41.8 Å². The van der Waals surface area contributed by atoms with E-state index in [9.17, 15) is 9.18 Å². The van der Waals surface area contributed by atoms with Crippen LogP contribution in [0.4, 0.5) is 4.39 Å². The number of fused-ring (bicyclic) bond motifs is 1. The smallest absolute Gasteiger partial charge is 0.240 e. The van der Waals surface area contributed by atoms with Crippen molar-refractivity contribution in [2.75, 3.05) is 5.88 Å². The van der Waals surface area contributed by atoms with E-state index >= 15 is 0 Å². The first-order valence-electron chi connectivity index (χ1n) is 8.67.